The number of nitrogens with one attached hydrogen (secondary N) is 1. The highest BCUT2D eigenvalue weighted by atomic mass is 16.5. The molecule has 0 aromatic carbocycles. The van der Waals surface area contributed by atoms with Gasteiger partial charge in [0.2, 0.25) is 0 Å². The van der Waals surface area contributed by atoms with Crippen molar-refractivity contribution in [1.82, 2.24) is 9.97 Å². The lowest BCUT2D eigenvalue weighted by molar-refractivity contribution is 0.181. The number of aromatic nitrogens is 2. The SMILES string of the molecule is CCNc1cc(COC)nc(C2CC2C)n1. The first kappa shape index (κ1) is 11.3. The van der Waals surface area contributed by atoms with Crippen molar-refractivity contribution in [3.8, 4) is 0 Å². The molecule has 1 aromatic rings. The molecular formula is C12H19N3O. The molecule has 1 aromatic heterocycles. The Morgan fingerprint density at radius 2 is 2.25 bits per heavy atom. The van der Waals surface area contributed by atoms with Crippen LogP contribution in [0.5, 0.6) is 0 Å². The molecule has 1 aliphatic carbocycles. The first-order valence-corrected chi connectivity index (χ1v) is 5.85. The summed E-state index contributed by atoms with van der Waals surface area (Å²) in [5, 5.41) is 3.24. The van der Waals surface area contributed by atoms with E-state index in [1.54, 1.807) is 7.11 Å². The fourth-order valence-corrected chi connectivity index (χ4v) is 1.86. The number of ether oxygens (including phenoxy) is 1. The van der Waals surface area contributed by atoms with Gasteiger partial charge in [-0.3, -0.25) is 0 Å². The number of anilines is 1. The van der Waals surface area contributed by atoms with E-state index in [4.69, 9.17) is 4.74 Å². The molecule has 2 unspecified atom stereocenters. The van der Waals surface area contributed by atoms with Gasteiger partial charge < -0.3 is 10.1 Å². The largest absolute Gasteiger partial charge is 0.378 e. The fraction of sp³-hybridized carbons (Fsp3) is 0.667. The highest BCUT2D eigenvalue weighted by Gasteiger charge is 2.36. The smallest absolute Gasteiger partial charge is 0.134 e. The molecule has 88 valence electrons. The predicted molar refractivity (Wildman–Crippen MR) is 63.4 cm³/mol. The Balaban J connectivity index is 2.22. The van der Waals surface area contributed by atoms with Crippen LogP contribution >= 0.6 is 0 Å². The summed E-state index contributed by atoms with van der Waals surface area (Å²) in [5.41, 5.74) is 0.961. The molecule has 0 bridgehead atoms. The first-order chi connectivity index (χ1) is 7.74. The van der Waals surface area contributed by atoms with E-state index in [0.29, 0.717) is 12.5 Å². The molecule has 0 saturated heterocycles. The van der Waals surface area contributed by atoms with E-state index in [1.807, 2.05) is 6.07 Å². The predicted octanol–water partition coefficient (Wildman–Crippen LogP) is 2.18. The Morgan fingerprint density at radius 3 is 2.81 bits per heavy atom. The van der Waals surface area contributed by atoms with Crippen molar-refractivity contribution < 1.29 is 4.74 Å². The van der Waals surface area contributed by atoms with E-state index in [-0.39, 0.29) is 0 Å². The number of methoxy groups -OCH3 is 1. The van der Waals surface area contributed by atoms with Gasteiger partial charge >= 0.3 is 0 Å². The summed E-state index contributed by atoms with van der Waals surface area (Å²) >= 11 is 0. The summed E-state index contributed by atoms with van der Waals surface area (Å²) in [7, 11) is 1.69. The molecule has 0 radical (unpaired) electrons. The van der Waals surface area contributed by atoms with E-state index >= 15 is 0 Å². The van der Waals surface area contributed by atoms with Crippen LogP contribution in [-0.4, -0.2) is 23.6 Å². The van der Waals surface area contributed by atoms with Gasteiger partial charge in [0.05, 0.1) is 12.3 Å². The van der Waals surface area contributed by atoms with Crippen LogP contribution in [0.2, 0.25) is 0 Å². The molecule has 2 atom stereocenters. The first-order valence-electron chi connectivity index (χ1n) is 5.85. The van der Waals surface area contributed by atoms with Crippen molar-refractivity contribution in [3.63, 3.8) is 0 Å². The van der Waals surface area contributed by atoms with Gasteiger partial charge in [0.15, 0.2) is 0 Å². The zero-order chi connectivity index (χ0) is 11.5. The van der Waals surface area contributed by atoms with Crippen molar-refractivity contribution in [3.05, 3.63) is 17.6 Å². The van der Waals surface area contributed by atoms with Gasteiger partial charge in [-0.25, -0.2) is 9.97 Å². The van der Waals surface area contributed by atoms with E-state index in [9.17, 15) is 0 Å². The van der Waals surface area contributed by atoms with Crippen molar-refractivity contribution in [2.75, 3.05) is 19.0 Å². The zero-order valence-corrected chi connectivity index (χ0v) is 10.2. The summed E-state index contributed by atoms with van der Waals surface area (Å²) in [4.78, 5) is 9.08. The Morgan fingerprint density at radius 1 is 1.50 bits per heavy atom. The zero-order valence-electron chi connectivity index (χ0n) is 10.2. The number of hydrogen-bond donors (Lipinski definition) is 1. The molecule has 1 fully saturated rings. The Labute approximate surface area is 96.4 Å². The summed E-state index contributed by atoms with van der Waals surface area (Å²) in [6, 6.07) is 1.96. The minimum atomic E-state index is 0.550. The molecule has 0 spiro atoms. The van der Waals surface area contributed by atoms with Gasteiger partial charge in [0, 0.05) is 25.6 Å². The molecule has 1 heterocycles. The molecule has 0 aliphatic heterocycles. The van der Waals surface area contributed by atoms with Crippen molar-refractivity contribution in [1.29, 1.82) is 0 Å². The maximum absolute atomic E-state index is 5.12. The van der Waals surface area contributed by atoms with Crippen LogP contribution in [-0.2, 0) is 11.3 Å². The maximum atomic E-state index is 5.12. The highest BCUT2D eigenvalue weighted by molar-refractivity contribution is 5.37. The number of hydrogen-bond acceptors (Lipinski definition) is 4. The topological polar surface area (TPSA) is 47.0 Å². The second-order valence-electron chi connectivity index (χ2n) is 4.39. The van der Waals surface area contributed by atoms with Crippen LogP contribution in [0.15, 0.2) is 6.07 Å². The Hall–Kier alpha value is -1.16. The number of nitrogens with zero attached hydrogens (tertiary/aromatic N) is 2. The average Bonchev–Trinajstić information content (AvgIpc) is 2.96. The lowest BCUT2D eigenvalue weighted by Crippen LogP contribution is -2.06. The van der Waals surface area contributed by atoms with Gasteiger partial charge in [-0.2, -0.15) is 0 Å². The van der Waals surface area contributed by atoms with Gasteiger partial charge in [-0.05, 0) is 19.3 Å². The lowest BCUT2D eigenvalue weighted by atomic mass is 10.3. The second kappa shape index (κ2) is 4.78. The van der Waals surface area contributed by atoms with Crippen molar-refractivity contribution in [2.45, 2.75) is 32.8 Å². The maximum Gasteiger partial charge on any atom is 0.134 e. The third-order valence-corrected chi connectivity index (χ3v) is 2.89. The van der Waals surface area contributed by atoms with Crippen LogP contribution < -0.4 is 5.32 Å². The third kappa shape index (κ3) is 2.50. The summed E-state index contributed by atoms with van der Waals surface area (Å²) in [5.74, 6) is 3.16. The van der Waals surface area contributed by atoms with Gasteiger partial charge in [0.1, 0.15) is 11.6 Å². The fourth-order valence-electron chi connectivity index (χ4n) is 1.86. The van der Waals surface area contributed by atoms with Crippen LogP contribution in [0.1, 0.15) is 37.7 Å². The van der Waals surface area contributed by atoms with Crippen LogP contribution in [0.25, 0.3) is 0 Å². The normalized spacial score (nSPS) is 23.2. The van der Waals surface area contributed by atoms with E-state index < -0.39 is 0 Å². The van der Waals surface area contributed by atoms with Crippen LogP contribution in [0.3, 0.4) is 0 Å². The summed E-state index contributed by atoms with van der Waals surface area (Å²) < 4.78 is 5.12. The highest BCUT2D eigenvalue weighted by Crippen LogP contribution is 2.45. The standard InChI is InChI=1S/C12H19N3O/c1-4-13-11-6-9(7-16-3)14-12(15-11)10-5-8(10)2/h6,8,10H,4-5,7H2,1-3H3,(H,13,14,15). The van der Waals surface area contributed by atoms with Gasteiger partial charge in [0.25, 0.3) is 0 Å². The molecule has 0 amide bonds. The quantitative estimate of drug-likeness (QED) is 0.827. The van der Waals surface area contributed by atoms with Crippen LogP contribution in [0.4, 0.5) is 5.82 Å². The second-order valence-corrected chi connectivity index (χ2v) is 4.39. The van der Waals surface area contributed by atoms with Gasteiger partial charge in [-0.1, -0.05) is 6.92 Å². The molecular weight excluding hydrogens is 202 g/mol. The Bertz CT molecular complexity index is 343. The lowest BCUT2D eigenvalue weighted by Gasteiger charge is -2.08. The number of rotatable bonds is 5. The van der Waals surface area contributed by atoms with E-state index in [2.05, 4.69) is 29.1 Å². The third-order valence-electron chi connectivity index (χ3n) is 2.89. The van der Waals surface area contributed by atoms with Crippen LogP contribution in [0, 0.1) is 5.92 Å². The molecule has 2 rings (SSSR count). The van der Waals surface area contributed by atoms with Crippen molar-refractivity contribution in [2.24, 2.45) is 5.92 Å². The Kier molecular flexibility index (Phi) is 3.39. The molecule has 1 aliphatic rings. The van der Waals surface area contributed by atoms with E-state index in [1.165, 1.54) is 6.42 Å². The average molecular weight is 221 g/mol. The monoisotopic (exact) mass is 221 g/mol. The molecule has 16 heavy (non-hydrogen) atoms. The van der Waals surface area contributed by atoms with E-state index in [0.717, 1.165) is 29.8 Å². The molecule has 4 nitrogen and oxygen atoms in total. The summed E-state index contributed by atoms with van der Waals surface area (Å²) in [6.45, 7) is 5.74. The summed E-state index contributed by atoms with van der Waals surface area (Å²) in [6.07, 6.45) is 1.21. The molecule has 4 heteroatoms. The minimum Gasteiger partial charge on any atom is -0.378 e. The minimum absolute atomic E-state index is 0.550. The van der Waals surface area contributed by atoms with Crippen molar-refractivity contribution >= 4 is 5.82 Å². The molecule has 1 N–H and O–H groups in total. The van der Waals surface area contributed by atoms with Gasteiger partial charge in [-0.15, -0.1) is 0 Å². The molecule has 1 saturated carbocycles.